The van der Waals surface area contributed by atoms with E-state index >= 15 is 0 Å². The van der Waals surface area contributed by atoms with E-state index < -0.39 is 0 Å². The van der Waals surface area contributed by atoms with Crippen molar-refractivity contribution in [2.45, 2.75) is 13.8 Å². The molecule has 0 aliphatic rings. The third kappa shape index (κ3) is 4.17. The molecule has 0 fully saturated rings. The average Bonchev–Trinajstić information content (AvgIpc) is 2.98. The summed E-state index contributed by atoms with van der Waals surface area (Å²) in [5.41, 5.74) is 2.38. The fraction of sp³-hybridized carbons (Fsp3) is 0.158. The van der Waals surface area contributed by atoms with Crippen molar-refractivity contribution >= 4 is 17.5 Å². The maximum Gasteiger partial charge on any atom is 0.324 e. The van der Waals surface area contributed by atoms with Crippen LogP contribution in [0.1, 0.15) is 12.6 Å². The predicted molar refractivity (Wildman–Crippen MR) is 98.6 cm³/mol. The number of anilines is 2. The molecule has 0 aliphatic heterocycles. The fourth-order valence-corrected chi connectivity index (χ4v) is 2.43. The second-order valence-electron chi connectivity index (χ2n) is 5.45. The van der Waals surface area contributed by atoms with Gasteiger partial charge in [-0.15, -0.1) is 0 Å². The maximum atomic E-state index is 12.3. The van der Waals surface area contributed by atoms with Crippen LogP contribution < -0.4 is 15.4 Å². The number of benzene rings is 2. The minimum Gasteiger partial charge on any atom is -0.494 e. The molecular formula is C19H20N4O2. The molecule has 3 aromatic rings. The number of carbonyl (C=O) groups is 1. The monoisotopic (exact) mass is 336 g/mol. The van der Waals surface area contributed by atoms with E-state index in [1.807, 2.05) is 62.4 Å². The Morgan fingerprint density at radius 3 is 2.48 bits per heavy atom. The Hall–Kier alpha value is -3.28. The quantitative estimate of drug-likeness (QED) is 0.733. The number of nitrogens with zero attached hydrogens (tertiary/aromatic N) is 2. The van der Waals surface area contributed by atoms with Gasteiger partial charge in [-0.05, 0) is 50.2 Å². The van der Waals surface area contributed by atoms with Gasteiger partial charge >= 0.3 is 6.03 Å². The first-order chi connectivity index (χ1) is 12.2. The van der Waals surface area contributed by atoms with Gasteiger partial charge in [0.05, 0.1) is 18.0 Å². The zero-order chi connectivity index (χ0) is 17.6. The van der Waals surface area contributed by atoms with E-state index in [1.54, 1.807) is 16.8 Å². The zero-order valence-corrected chi connectivity index (χ0v) is 14.2. The molecule has 3 rings (SSSR count). The van der Waals surface area contributed by atoms with Crippen molar-refractivity contribution in [3.05, 3.63) is 66.4 Å². The molecule has 2 aromatic carbocycles. The molecule has 2 N–H and O–H groups in total. The van der Waals surface area contributed by atoms with E-state index in [0.717, 1.165) is 17.1 Å². The van der Waals surface area contributed by atoms with Crippen molar-refractivity contribution in [2.24, 2.45) is 0 Å². The van der Waals surface area contributed by atoms with E-state index in [0.29, 0.717) is 18.1 Å². The second-order valence-corrected chi connectivity index (χ2v) is 5.45. The fourth-order valence-electron chi connectivity index (χ4n) is 2.43. The van der Waals surface area contributed by atoms with Crippen molar-refractivity contribution in [1.29, 1.82) is 0 Å². The second kappa shape index (κ2) is 7.53. The van der Waals surface area contributed by atoms with Crippen molar-refractivity contribution in [3.63, 3.8) is 0 Å². The molecule has 0 bridgehead atoms. The Morgan fingerprint density at radius 1 is 1.08 bits per heavy atom. The summed E-state index contributed by atoms with van der Waals surface area (Å²) in [6.45, 7) is 4.42. The van der Waals surface area contributed by atoms with Gasteiger partial charge in [0, 0.05) is 11.8 Å². The number of urea groups is 1. The van der Waals surface area contributed by atoms with Crippen LogP contribution in [0.5, 0.6) is 5.75 Å². The Labute approximate surface area is 146 Å². The summed E-state index contributed by atoms with van der Waals surface area (Å²) in [6, 6.07) is 18.4. The SMILES string of the molecule is CCOc1ccc(NC(=O)Nc2cc(C)nn2-c2ccccc2)cc1. The highest BCUT2D eigenvalue weighted by Gasteiger charge is 2.11. The molecule has 1 aromatic heterocycles. The first-order valence-electron chi connectivity index (χ1n) is 8.08. The molecule has 128 valence electrons. The number of rotatable bonds is 5. The number of hydrogen-bond acceptors (Lipinski definition) is 3. The van der Waals surface area contributed by atoms with Gasteiger partial charge in [0.1, 0.15) is 11.6 Å². The summed E-state index contributed by atoms with van der Waals surface area (Å²) >= 11 is 0. The van der Waals surface area contributed by atoms with Crippen LogP contribution in [0, 0.1) is 6.92 Å². The van der Waals surface area contributed by atoms with Gasteiger partial charge in [-0.1, -0.05) is 18.2 Å². The lowest BCUT2D eigenvalue weighted by Gasteiger charge is -2.10. The average molecular weight is 336 g/mol. The van der Waals surface area contributed by atoms with Gasteiger partial charge in [-0.3, -0.25) is 5.32 Å². The number of aromatic nitrogens is 2. The number of ether oxygens (including phenoxy) is 1. The van der Waals surface area contributed by atoms with Gasteiger partial charge < -0.3 is 10.1 Å². The van der Waals surface area contributed by atoms with Crippen LogP contribution in [0.15, 0.2) is 60.7 Å². The summed E-state index contributed by atoms with van der Waals surface area (Å²) < 4.78 is 7.09. The standard InChI is InChI=1S/C19H20N4O2/c1-3-25-17-11-9-15(10-12-17)20-19(24)21-18-13-14(2)22-23(18)16-7-5-4-6-8-16/h4-13H,3H2,1-2H3,(H2,20,21,24). The molecule has 0 saturated heterocycles. The van der Waals surface area contributed by atoms with Crippen LogP contribution >= 0.6 is 0 Å². The van der Waals surface area contributed by atoms with Crippen molar-refractivity contribution < 1.29 is 9.53 Å². The first kappa shape index (κ1) is 16.6. The molecule has 0 radical (unpaired) electrons. The Balaban J connectivity index is 1.71. The number of carbonyl (C=O) groups excluding carboxylic acids is 1. The number of nitrogens with one attached hydrogen (secondary N) is 2. The number of aryl methyl sites for hydroxylation is 1. The molecule has 0 saturated carbocycles. The Bertz CT molecular complexity index is 842. The third-order valence-electron chi connectivity index (χ3n) is 3.50. The normalized spacial score (nSPS) is 10.3. The smallest absolute Gasteiger partial charge is 0.324 e. The Kier molecular flexibility index (Phi) is 4.99. The van der Waals surface area contributed by atoms with Gasteiger partial charge in [0.25, 0.3) is 0 Å². The molecular weight excluding hydrogens is 316 g/mol. The summed E-state index contributed by atoms with van der Waals surface area (Å²) in [6.07, 6.45) is 0. The van der Waals surface area contributed by atoms with Gasteiger partial charge in [-0.2, -0.15) is 5.10 Å². The summed E-state index contributed by atoms with van der Waals surface area (Å²) in [7, 11) is 0. The third-order valence-corrected chi connectivity index (χ3v) is 3.50. The van der Waals surface area contributed by atoms with Crippen LogP contribution in [-0.2, 0) is 0 Å². The topological polar surface area (TPSA) is 68.2 Å². The van der Waals surface area contributed by atoms with Crippen LogP contribution in [0.3, 0.4) is 0 Å². The molecule has 0 unspecified atom stereocenters. The van der Waals surface area contributed by atoms with Crippen molar-refractivity contribution in [2.75, 3.05) is 17.2 Å². The van der Waals surface area contributed by atoms with Crippen LogP contribution in [0.2, 0.25) is 0 Å². The van der Waals surface area contributed by atoms with E-state index in [-0.39, 0.29) is 6.03 Å². The maximum absolute atomic E-state index is 12.3. The molecule has 6 nitrogen and oxygen atoms in total. The van der Waals surface area contributed by atoms with Gasteiger partial charge in [-0.25, -0.2) is 9.48 Å². The van der Waals surface area contributed by atoms with E-state index in [2.05, 4.69) is 15.7 Å². The highest BCUT2D eigenvalue weighted by Crippen LogP contribution is 2.18. The van der Waals surface area contributed by atoms with Crippen molar-refractivity contribution in [1.82, 2.24) is 9.78 Å². The largest absolute Gasteiger partial charge is 0.494 e. The van der Waals surface area contributed by atoms with E-state index in [9.17, 15) is 4.79 Å². The van der Waals surface area contributed by atoms with E-state index in [4.69, 9.17) is 4.74 Å². The number of hydrogen-bond donors (Lipinski definition) is 2. The molecule has 1 heterocycles. The lowest BCUT2D eigenvalue weighted by Crippen LogP contribution is -2.21. The Morgan fingerprint density at radius 2 is 1.80 bits per heavy atom. The molecule has 2 amide bonds. The highest BCUT2D eigenvalue weighted by atomic mass is 16.5. The van der Waals surface area contributed by atoms with Gasteiger partial charge in [0.15, 0.2) is 0 Å². The minimum atomic E-state index is -0.332. The van der Waals surface area contributed by atoms with E-state index in [1.165, 1.54) is 0 Å². The molecule has 25 heavy (non-hydrogen) atoms. The highest BCUT2D eigenvalue weighted by molar-refractivity contribution is 5.99. The van der Waals surface area contributed by atoms with Crippen LogP contribution in [0.25, 0.3) is 5.69 Å². The molecule has 0 spiro atoms. The lowest BCUT2D eigenvalue weighted by atomic mass is 10.3. The summed E-state index contributed by atoms with van der Waals surface area (Å²) in [5.74, 6) is 1.37. The zero-order valence-electron chi connectivity index (χ0n) is 14.2. The summed E-state index contributed by atoms with van der Waals surface area (Å²) in [5, 5.41) is 10.1. The molecule has 0 aliphatic carbocycles. The number of amides is 2. The first-order valence-corrected chi connectivity index (χ1v) is 8.08. The van der Waals surface area contributed by atoms with Gasteiger partial charge in [0.2, 0.25) is 0 Å². The van der Waals surface area contributed by atoms with Crippen LogP contribution in [0.4, 0.5) is 16.3 Å². The predicted octanol–water partition coefficient (Wildman–Crippen LogP) is 4.22. The molecule has 6 heteroatoms. The summed E-state index contributed by atoms with van der Waals surface area (Å²) in [4.78, 5) is 12.3. The number of para-hydroxylation sites is 1. The molecule has 0 atom stereocenters. The lowest BCUT2D eigenvalue weighted by molar-refractivity contribution is 0.262. The van der Waals surface area contributed by atoms with Crippen molar-refractivity contribution in [3.8, 4) is 11.4 Å². The van der Waals surface area contributed by atoms with Crippen LogP contribution in [-0.4, -0.2) is 22.4 Å². The minimum absolute atomic E-state index is 0.332.